The van der Waals surface area contributed by atoms with Crippen LogP contribution in [-0.4, -0.2) is 36.5 Å². The van der Waals surface area contributed by atoms with Crippen molar-refractivity contribution in [2.75, 3.05) is 13.2 Å². The van der Waals surface area contributed by atoms with Crippen LogP contribution in [0.5, 0.6) is 0 Å². The second-order valence-corrected chi connectivity index (χ2v) is 7.42. The number of ether oxygens (including phenoxy) is 1. The van der Waals surface area contributed by atoms with Crippen molar-refractivity contribution in [1.29, 1.82) is 0 Å². The molecule has 0 bridgehead atoms. The standard InChI is InChI=1S/C18H35NO2/c1-14-8-4-3-5-10-17(14)19-12-16(20)13-21-18-11-7-6-9-15(18)2/h14-20H,3-13H2,1-2H3. The van der Waals surface area contributed by atoms with Crippen molar-refractivity contribution >= 4 is 0 Å². The van der Waals surface area contributed by atoms with E-state index >= 15 is 0 Å². The van der Waals surface area contributed by atoms with Crippen molar-refractivity contribution in [3.63, 3.8) is 0 Å². The Hall–Kier alpha value is -0.120. The number of hydrogen-bond donors (Lipinski definition) is 2. The van der Waals surface area contributed by atoms with Gasteiger partial charge in [-0.15, -0.1) is 0 Å². The van der Waals surface area contributed by atoms with Gasteiger partial charge in [0.1, 0.15) is 0 Å². The molecule has 2 aliphatic rings. The molecule has 0 amide bonds. The molecule has 0 spiro atoms. The van der Waals surface area contributed by atoms with Crippen molar-refractivity contribution in [2.24, 2.45) is 11.8 Å². The summed E-state index contributed by atoms with van der Waals surface area (Å²) in [6.07, 6.45) is 11.7. The van der Waals surface area contributed by atoms with Gasteiger partial charge in [0.25, 0.3) is 0 Å². The lowest BCUT2D eigenvalue weighted by Crippen LogP contribution is -2.41. The van der Waals surface area contributed by atoms with E-state index in [-0.39, 0.29) is 6.10 Å². The van der Waals surface area contributed by atoms with Gasteiger partial charge in [-0.3, -0.25) is 0 Å². The van der Waals surface area contributed by atoms with Crippen LogP contribution in [0.15, 0.2) is 0 Å². The van der Waals surface area contributed by atoms with Crippen LogP contribution >= 0.6 is 0 Å². The maximum atomic E-state index is 10.2. The number of aliphatic hydroxyl groups excluding tert-OH is 1. The van der Waals surface area contributed by atoms with E-state index in [1.165, 1.54) is 57.8 Å². The zero-order chi connectivity index (χ0) is 15.1. The summed E-state index contributed by atoms with van der Waals surface area (Å²) in [5, 5.41) is 13.7. The summed E-state index contributed by atoms with van der Waals surface area (Å²) in [6.45, 7) is 5.79. The van der Waals surface area contributed by atoms with Gasteiger partial charge in [0.2, 0.25) is 0 Å². The highest BCUT2D eigenvalue weighted by atomic mass is 16.5. The lowest BCUT2D eigenvalue weighted by molar-refractivity contribution is -0.0459. The number of aliphatic hydroxyl groups is 1. The Morgan fingerprint density at radius 1 is 0.952 bits per heavy atom. The SMILES string of the molecule is CC1CCCCCC1NCC(O)COC1CCCCC1C. The van der Waals surface area contributed by atoms with Crippen LogP contribution in [0.1, 0.15) is 71.6 Å². The quantitative estimate of drug-likeness (QED) is 0.737. The molecule has 3 nitrogen and oxygen atoms in total. The van der Waals surface area contributed by atoms with E-state index in [0.717, 1.165) is 5.92 Å². The van der Waals surface area contributed by atoms with Gasteiger partial charge in [-0.2, -0.15) is 0 Å². The van der Waals surface area contributed by atoms with E-state index in [9.17, 15) is 5.11 Å². The first kappa shape index (κ1) is 17.2. The summed E-state index contributed by atoms with van der Waals surface area (Å²) < 4.78 is 5.96. The molecule has 2 rings (SSSR count). The molecule has 0 radical (unpaired) electrons. The van der Waals surface area contributed by atoms with Crippen LogP contribution in [0.25, 0.3) is 0 Å². The summed E-state index contributed by atoms with van der Waals surface area (Å²) in [5.74, 6) is 1.39. The molecule has 0 aliphatic heterocycles. The minimum Gasteiger partial charge on any atom is -0.389 e. The zero-order valence-electron chi connectivity index (χ0n) is 14.0. The van der Waals surface area contributed by atoms with Gasteiger partial charge in [0.05, 0.1) is 18.8 Å². The smallest absolute Gasteiger partial charge is 0.0897 e. The Morgan fingerprint density at radius 3 is 2.43 bits per heavy atom. The normalized spacial score (nSPS) is 36.1. The minimum absolute atomic E-state index is 0.366. The van der Waals surface area contributed by atoms with Crippen molar-refractivity contribution in [2.45, 2.75) is 89.9 Å². The van der Waals surface area contributed by atoms with Gasteiger partial charge in [-0.05, 0) is 37.5 Å². The molecular formula is C18H35NO2. The van der Waals surface area contributed by atoms with Gasteiger partial charge >= 0.3 is 0 Å². The molecular weight excluding hydrogens is 262 g/mol. The molecule has 0 saturated heterocycles. The molecule has 3 heteroatoms. The number of rotatable bonds is 6. The minimum atomic E-state index is -0.366. The van der Waals surface area contributed by atoms with Gasteiger partial charge < -0.3 is 15.2 Å². The number of nitrogens with one attached hydrogen (secondary N) is 1. The molecule has 21 heavy (non-hydrogen) atoms. The fourth-order valence-corrected chi connectivity index (χ4v) is 3.91. The fraction of sp³-hybridized carbons (Fsp3) is 1.00. The summed E-state index contributed by atoms with van der Waals surface area (Å²) in [4.78, 5) is 0. The van der Waals surface area contributed by atoms with Gasteiger partial charge in [-0.1, -0.05) is 46.0 Å². The molecule has 0 aromatic rings. The molecule has 5 unspecified atom stereocenters. The summed E-state index contributed by atoms with van der Waals surface area (Å²) in [5.41, 5.74) is 0. The zero-order valence-corrected chi connectivity index (χ0v) is 14.0. The Kier molecular flexibility index (Phi) is 7.48. The number of hydrogen-bond acceptors (Lipinski definition) is 3. The van der Waals surface area contributed by atoms with Crippen LogP contribution in [0.2, 0.25) is 0 Å². The van der Waals surface area contributed by atoms with E-state index in [4.69, 9.17) is 4.74 Å². The third-order valence-corrected chi connectivity index (χ3v) is 5.51. The lowest BCUT2D eigenvalue weighted by atomic mass is 9.88. The summed E-state index contributed by atoms with van der Waals surface area (Å²) in [6, 6.07) is 0.579. The first-order chi connectivity index (χ1) is 10.2. The average Bonchev–Trinajstić information content (AvgIpc) is 2.69. The highest BCUT2D eigenvalue weighted by Crippen LogP contribution is 2.26. The van der Waals surface area contributed by atoms with E-state index < -0.39 is 0 Å². The molecule has 2 N–H and O–H groups in total. The molecule has 0 heterocycles. The fourth-order valence-electron chi connectivity index (χ4n) is 3.91. The topological polar surface area (TPSA) is 41.5 Å². The van der Waals surface area contributed by atoms with E-state index in [2.05, 4.69) is 19.2 Å². The van der Waals surface area contributed by atoms with Crippen LogP contribution in [-0.2, 0) is 4.74 Å². The van der Waals surface area contributed by atoms with Gasteiger partial charge in [-0.25, -0.2) is 0 Å². The molecule has 0 aromatic carbocycles. The Balaban J connectivity index is 1.63. The second-order valence-electron chi connectivity index (χ2n) is 7.42. The summed E-state index contributed by atoms with van der Waals surface area (Å²) in [7, 11) is 0. The molecule has 2 aliphatic carbocycles. The lowest BCUT2D eigenvalue weighted by Gasteiger charge is -2.30. The van der Waals surface area contributed by atoms with Crippen molar-refractivity contribution in [1.82, 2.24) is 5.32 Å². The summed E-state index contributed by atoms with van der Waals surface area (Å²) >= 11 is 0. The van der Waals surface area contributed by atoms with Crippen LogP contribution in [0.4, 0.5) is 0 Å². The molecule has 0 aromatic heterocycles. The molecule has 124 valence electrons. The van der Waals surface area contributed by atoms with Crippen LogP contribution in [0, 0.1) is 11.8 Å². The van der Waals surface area contributed by atoms with Gasteiger partial charge in [0.15, 0.2) is 0 Å². The first-order valence-corrected chi connectivity index (χ1v) is 9.20. The monoisotopic (exact) mass is 297 g/mol. The van der Waals surface area contributed by atoms with Crippen molar-refractivity contribution < 1.29 is 9.84 Å². The third kappa shape index (κ3) is 5.88. The second kappa shape index (κ2) is 9.12. The first-order valence-electron chi connectivity index (χ1n) is 9.20. The van der Waals surface area contributed by atoms with E-state index in [1.54, 1.807) is 0 Å². The van der Waals surface area contributed by atoms with Crippen molar-refractivity contribution in [3.05, 3.63) is 0 Å². The van der Waals surface area contributed by atoms with Gasteiger partial charge in [0, 0.05) is 12.6 Å². The average molecular weight is 297 g/mol. The van der Waals surface area contributed by atoms with E-state index in [1.807, 2.05) is 0 Å². The highest BCUT2D eigenvalue weighted by molar-refractivity contribution is 4.78. The maximum absolute atomic E-state index is 10.2. The maximum Gasteiger partial charge on any atom is 0.0897 e. The third-order valence-electron chi connectivity index (χ3n) is 5.51. The van der Waals surface area contributed by atoms with E-state index in [0.29, 0.717) is 31.2 Å². The predicted molar refractivity (Wildman–Crippen MR) is 87.4 cm³/mol. The molecule has 2 saturated carbocycles. The molecule has 5 atom stereocenters. The molecule has 2 fully saturated rings. The Morgan fingerprint density at radius 2 is 1.62 bits per heavy atom. The Bertz CT molecular complexity index is 284. The Labute approximate surface area is 130 Å². The largest absolute Gasteiger partial charge is 0.389 e. The van der Waals surface area contributed by atoms with Crippen LogP contribution < -0.4 is 5.32 Å². The predicted octanol–water partition coefficient (Wildman–Crippen LogP) is 3.50. The van der Waals surface area contributed by atoms with Crippen LogP contribution in [0.3, 0.4) is 0 Å². The highest BCUT2D eigenvalue weighted by Gasteiger charge is 2.23. The van der Waals surface area contributed by atoms with Crippen molar-refractivity contribution in [3.8, 4) is 0 Å².